The number of ether oxygens (including phenoxy) is 1. The van der Waals surface area contributed by atoms with Crippen LogP contribution in [-0.4, -0.2) is 180 Å². The predicted octanol–water partition coefficient (Wildman–Crippen LogP) is 8.71. The van der Waals surface area contributed by atoms with Gasteiger partial charge < -0.3 is 25.2 Å². The minimum atomic E-state index is -6.11. The maximum absolute atomic E-state index is 14.3. The van der Waals surface area contributed by atoms with Gasteiger partial charge in [-0.15, -0.1) is 11.8 Å². The highest BCUT2D eigenvalue weighted by Gasteiger charge is 2.50. The standard InChI is InChI=1S/C66H73ClF3N9O11S3/c67-47-17-13-44(14-18-47)52-25-27-65(42-78(43-65)59(81)12-5-2-6-28-71-55-11-7-10-53-60(55)64(85)79(63(53)84)56-23-24-58(80)73-62(56)83)39-46(52)40-76-30-32-77(33-31-76)49-19-15-45(16-20-49)61(82)74-93(88,89)51-21-22-54(57(38-51)92(86,87)66(68,69)70)72-48(26-29-75-34-36-90-37-35-75)41-91-50-8-3-1-4-9-50/h1,3-4,7-11,13-22,38,48,56,71-72H,2,5-6,12,23-37,39-43H2,(H,74,82)(H,73,80,83)/t48-,56?/m1/s1. The molecule has 0 saturated carbocycles. The Morgan fingerprint density at radius 3 is 2.23 bits per heavy atom. The normalized spacial score (nSPS) is 19.3. The first kappa shape index (κ1) is 67.1. The van der Waals surface area contributed by atoms with Crippen molar-refractivity contribution in [3.05, 3.63) is 148 Å². The van der Waals surface area contributed by atoms with Gasteiger partial charge in [0.05, 0.1) is 34.9 Å². The highest BCUT2D eigenvalue weighted by atomic mass is 35.5. The van der Waals surface area contributed by atoms with Crippen LogP contribution in [0.5, 0.6) is 0 Å². The summed E-state index contributed by atoms with van der Waals surface area (Å²) in [5, 5.41) is 9.13. The smallest absolute Gasteiger partial charge is 0.384 e. The van der Waals surface area contributed by atoms with Crippen molar-refractivity contribution in [1.29, 1.82) is 0 Å². The van der Waals surface area contributed by atoms with E-state index in [0.717, 1.165) is 65.4 Å². The molecular weight excluding hydrogens is 1280 g/mol. The number of morpholine rings is 1. The van der Waals surface area contributed by atoms with E-state index in [1.165, 1.54) is 35.0 Å². The second-order valence-corrected chi connectivity index (χ2v) is 29.6. The fraction of sp³-hybridized carbons (Fsp3) is 0.424. The number of unbranched alkanes of at least 4 members (excludes halogenated alkanes) is 2. The van der Waals surface area contributed by atoms with Crippen LogP contribution >= 0.6 is 23.4 Å². The number of carbonyl (C=O) groups is 6. The average molecular weight is 1360 g/mol. The molecule has 93 heavy (non-hydrogen) atoms. The molecule has 5 aromatic carbocycles. The molecule has 5 heterocycles. The van der Waals surface area contributed by atoms with Crippen LogP contribution < -0.4 is 25.6 Å². The Labute approximate surface area is 547 Å². The Balaban J connectivity index is 0.665. The first-order valence-corrected chi connectivity index (χ1v) is 35.6. The number of piperazine rings is 1. The predicted molar refractivity (Wildman–Crippen MR) is 347 cm³/mol. The number of likely N-dealkylation sites (tertiary alicyclic amines) is 1. The number of halogens is 4. The lowest BCUT2D eigenvalue weighted by molar-refractivity contribution is -0.144. The lowest BCUT2D eigenvalue weighted by Crippen LogP contribution is -2.59. The summed E-state index contributed by atoms with van der Waals surface area (Å²) in [5.74, 6) is -2.86. The van der Waals surface area contributed by atoms with E-state index >= 15 is 0 Å². The maximum atomic E-state index is 14.3. The van der Waals surface area contributed by atoms with Gasteiger partial charge in [-0.3, -0.25) is 48.8 Å². The van der Waals surface area contributed by atoms with Crippen molar-refractivity contribution in [1.82, 2.24) is 29.6 Å². The maximum Gasteiger partial charge on any atom is 0.501 e. The number of thioether (sulfide) groups is 1. The van der Waals surface area contributed by atoms with Gasteiger partial charge in [-0.1, -0.05) is 60.0 Å². The molecule has 494 valence electrons. The number of alkyl halides is 3. The summed E-state index contributed by atoms with van der Waals surface area (Å²) in [6.07, 6.45) is 5.69. The topological polar surface area (TPSA) is 244 Å². The number of carbonyl (C=O) groups excluding carboxylic acids is 6. The summed E-state index contributed by atoms with van der Waals surface area (Å²) < 4.78 is 104. The van der Waals surface area contributed by atoms with Crippen LogP contribution in [-0.2, 0) is 39.0 Å². The van der Waals surface area contributed by atoms with E-state index in [0.29, 0.717) is 127 Å². The van der Waals surface area contributed by atoms with Crippen LogP contribution in [0.2, 0.25) is 5.02 Å². The molecule has 1 unspecified atom stereocenters. The molecule has 4 N–H and O–H groups in total. The number of nitrogens with one attached hydrogen (secondary N) is 4. The molecule has 11 rings (SSSR count). The number of fused-ring (bicyclic) bond motifs is 1. The van der Waals surface area contributed by atoms with Crippen LogP contribution in [0, 0.1) is 5.41 Å². The number of anilines is 3. The van der Waals surface area contributed by atoms with Gasteiger partial charge in [0.15, 0.2) is 0 Å². The molecule has 0 aromatic heterocycles. The molecular formula is C66H73ClF3N9O11S3. The number of sulfonamides is 1. The molecule has 6 amide bonds. The van der Waals surface area contributed by atoms with E-state index in [9.17, 15) is 58.8 Å². The van der Waals surface area contributed by atoms with Gasteiger partial charge in [-0.25, -0.2) is 21.6 Å². The Bertz CT molecular complexity index is 3900. The number of imide groups is 2. The van der Waals surface area contributed by atoms with Crippen molar-refractivity contribution in [3.63, 3.8) is 0 Å². The molecule has 2 atom stereocenters. The van der Waals surface area contributed by atoms with E-state index in [1.807, 2.05) is 52.1 Å². The number of allylic oxidation sites excluding steroid dienone is 1. The zero-order chi connectivity index (χ0) is 65.7. The number of hydrogen-bond donors (Lipinski definition) is 4. The van der Waals surface area contributed by atoms with Gasteiger partial charge in [-0.2, -0.15) is 13.2 Å². The van der Waals surface area contributed by atoms with E-state index < -0.39 is 82.5 Å². The van der Waals surface area contributed by atoms with Gasteiger partial charge in [0.2, 0.25) is 17.7 Å². The summed E-state index contributed by atoms with van der Waals surface area (Å²) in [6.45, 7) is 8.17. The number of sulfone groups is 1. The van der Waals surface area contributed by atoms with Crippen molar-refractivity contribution in [2.45, 2.75) is 96.5 Å². The van der Waals surface area contributed by atoms with Gasteiger partial charge in [0, 0.05) is 129 Å². The first-order chi connectivity index (χ1) is 44.5. The van der Waals surface area contributed by atoms with Gasteiger partial charge in [0.25, 0.3) is 37.6 Å². The first-order valence-electron chi connectivity index (χ1n) is 31.2. The molecule has 1 spiro atoms. The van der Waals surface area contributed by atoms with Crippen LogP contribution in [0.3, 0.4) is 0 Å². The van der Waals surface area contributed by atoms with E-state index in [2.05, 4.69) is 42.8 Å². The van der Waals surface area contributed by atoms with Crippen LogP contribution in [0.1, 0.15) is 101 Å². The van der Waals surface area contributed by atoms with E-state index in [4.69, 9.17) is 16.3 Å². The van der Waals surface area contributed by atoms with E-state index in [-0.39, 0.29) is 40.9 Å². The third kappa shape index (κ3) is 15.6. The minimum Gasteiger partial charge on any atom is -0.384 e. The monoisotopic (exact) mass is 1360 g/mol. The fourth-order valence-corrected chi connectivity index (χ4v) is 16.3. The molecule has 0 bridgehead atoms. The number of benzene rings is 5. The lowest BCUT2D eigenvalue weighted by atomic mass is 9.65. The summed E-state index contributed by atoms with van der Waals surface area (Å²) >= 11 is 7.76. The van der Waals surface area contributed by atoms with Crippen molar-refractivity contribution in [3.8, 4) is 0 Å². The number of hydrogen-bond acceptors (Lipinski definition) is 17. The van der Waals surface area contributed by atoms with Gasteiger partial charge in [0.1, 0.15) is 10.9 Å². The molecule has 0 radical (unpaired) electrons. The van der Waals surface area contributed by atoms with Crippen LogP contribution in [0.25, 0.3) is 5.57 Å². The Morgan fingerprint density at radius 2 is 1.52 bits per heavy atom. The van der Waals surface area contributed by atoms with Crippen molar-refractivity contribution < 1.29 is 63.5 Å². The zero-order valence-corrected chi connectivity index (χ0v) is 54.3. The summed E-state index contributed by atoms with van der Waals surface area (Å²) in [4.78, 5) is 86.6. The van der Waals surface area contributed by atoms with Gasteiger partial charge >= 0.3 is 5.51 Å². The number of piperidine rings is 1. The molecule has 27 heteroatoms. The lowest BCUT2D eigenvalue weighted by Gasteiger charge is -2.53. The number of rotatable bonds is 24. The zero-order valence-electron chi connectivity index (χ0n) is 51.1. The molecule has 20 nitrogen and oxygen atoms in total. The molecule has 4 saturated heterocycles. The Hall–Kier alpha value is -7.33. The molecule has 5 aromatic rings. The summed E-state index contributed by atoms with van der Waals surface area (Å²) in [5.41, 5.74) is -0.895. The third-order valence-corrected chi connectivity index (χ3v) is 22.5. The Morgan fingerprint density at radius 1 is 0.785 bits per heavy atom. The quantitative estimate of drug-likeness (QED) is 0.0256. The molecule has 5 aliphatic heterocycles. The average Bonchev–Trinajstić information content (AvgIpc) is 1.64. The number of nitrogens with zero attached hydrogens (tertiary/aromatic N) is 5. The van der Waals surface area contributed by atoms with Gasteiger partial charge in [-0.05, 0) is 135 Å². The third-order valence-electron chi connectivity index (χ3n) is 18.2. The summed E-state index contributed by atoms with van der Waals surface area (Å²) in [6, 6.07) is 29.2. The van der Waals surface area contributed by atoms with E-state index in [1.54, 1.807) is 30.3 Å². The van der Waals surface area contributed by atoms with Crippen molar-refractivity contribution in [2.24, 2.45) is 5.41 Å². The highest BCUT2D eigenvalue weighted by molar-refractivity contribution is 7.99. The van der Waals surface area contributed by atoms with Crippen molar-refractivity contribution >= 4 is 101 Å². The van der Waals surface area contributed by atoms with Crippen LogP contribution in [0.4, 0.5) is 30.2 Å². The second-order valence-electron chi connectivity index (χ2n) is 24.5. The minimum absolute atomic E-state index is 0.0331. The SMILES string of the molecule is O=C1CCC(N2C(=O)c3cccc(NCCCCCC(=O)N4CC5(CCC(c6ccc(Cl)cc6)=C(CN6CCN(c7ccc(C(=O)NS(=O)(=O)c8ccc(N[C@H](CCN9CCOCC9)CSc9ccccc9)c(S(=O)(=O)C(F)(F)F)c8)cc7)CC6)C5)C4)c3C2=O)C(=O)N1. The number of amides is 6. The van der Waals surface area contributed by atoms with Crippen molar-refractivity contribution in [2.75, 3.05) is 106 Å². The molecule has 6 aliphatic rings. The fourth-order valence-electron chi connectivity index (χ4n) is 13.1. The highest BCUT2D eigenvalue weighted by Crippen LogP contribution is 2.49. The summed E-state index contributed by atoms with van der Waals surface area (Å²) in [7, 11) is -11.0. The van der Waals surface area contributed by atoms with Crippen LogP contribution in [0.15, 0.2) is 136 Å². The molecule has 4 fully saturated rings. The Kier molecular flexibility index (Phi) is 20.7. The second kappa shape index (κ2) is 28.7. The molecule has 1 aliphatic carbocycles. The largest absolute Gasteiger partial charge is 0.501 e.